The Hall–Kier alpha value is -1.12. The fourth-order valence-electron chi connectivity index (χ4n) is 6.26. The molecule has 0 bridgehead atoms. The van der Waals surface area contributed by atoms with Crippen molar-refractivity contribution in [2.45, 2.75) is 85.5 Å². The molecule has 158 valence electrons. The van der Waals surface area contributed by atoms with Gasteiger partial charge in [-0.05, 0) is 74.0 Å². The number of nitrogens with one attached hydrogen (secondary N) is 1. The number of rotatable bonds is 9. The molecule has 0 saturated heterocycles. The average Bonchev–Trinajstić information content (AvgIpc) is 3.51. The number of hydrogen-bond donors (Lipinski definition) is 1. The van der Waals surface area contributed by atoms with Crippen LogP contribution >= 0.6 is 0 Å². The summed E-state index contributed by atoms with van der Waals surface area (Å²) in [7, 11) is 1.88. The Bertz CT molecular complexity index is 624. The number of carbonyl (C=O) groups excluding carboxylic acids is 1. The van der Waals surface area contributed by atoms with E-state index in [1.165, 1.54) is 44.7 Å². The Balaban J connectivity index is 1.48. The fourth-order valence-corrected chi connectivity index (χ4v) is 6.26. The van der Waals surface area contributed by atoms with Crippen molar-refractivity contribution in [3.05, 3.63) is 11.1 Å². The van der Waals surface area contributed by atoms with Crippen LogP contribution in [0.1, 0.15) is 85.5 Å². The first-order valence-corrected chi connectivity index (χ1v) is 11.8. The second kappa shape index (κ2) is 8.71. The van der Waals surface area contributed by atoms with Crippen LogP contribution in [0.5, 0.6) is 0 Å². The average molecular weight is 387 g/mol. The zero-order valence-corrected chi connectivity index (χ0v) is 18.9. The van der Waals surface area contributed by atoms with Crippen molar-refractivity contribution in [1.82, 2.24) is 4.90 Å². The topological polar surface area (TPSA) is 44.2 Å². The molecule has 3 fully saturated rings. The predicted molar refractivity (Wildman–Crippen MR) is 118 cm³/mol. The lowest BCUT2D eigenvalue weighted by molar-refractivity contribution is -0.125. The van der Waals surface area contributed by atoms with E-state index in [9.17, 15) is 4.79 Å². The van der Waals surface area contributed by atoms with Crippen molar-refractivity contribution >= 4 is 12.1 Å². The van der Waals surface area contributed by atoms with Crippen LogP contribution in [0.15, 0.2) is 11.1 Å². The van der Waals surface area contributed by atoms with Gasteiger partial charge in [0.15, 0.2) is 0 Å². The Kier molecular flexibility index (Phi) is 6.72. The molecule has 3 aliphatic carbocycles. The first-order valence-electron chi connectivity index (χ1n) is 11.8. The molecule has 0 radical (unpaired) electrons. The third-order valence-electron chi connectivity index (χ3n) is 8.78. The van der Waals surface area contributed by atoms with E-state index in [1.807, 2.05) is 11.9 Å². The molecular formula is C25H42N2O. The van der Waals surface area contributed by atoms with Crippen LogP contribution in [0.3, 0.4) is 0 Å². The van der Waals surface area contributed by atoms with E-state index in [0.29, 0.717) is 11.5 Å². The molecule has 1 amide bonds. The van der Waals surface area contributed by atoms with Crippen molar-refractivity contribution < 1.29 is 4.79 Å². The maximum atomic E-state index is 12.8. The minimum Gasteiger partial charge on any atom is -0.342 e. The van der Waals surface area contributed by atoms with Crippen LogP contribution in [0.2, 0.25) is 0 Å². The van der Waals surface area contributed by atoms with Crippen molar-refractivity contribution in [3.8, 4) is 0 Å². The van der Waals surface area contributed by atoms with Gasteiger partial charge in [0.1, 0.15) is 0 Å². The molecular weight excluding hydrogens is 344 g/mol. The van der Waals surface area contributed by atoms with E-state index in [-0.39, 0.29) is 5.91 Å². The summed E-state index contributed by atoms with van der Waals surface area (Å²) in [6.45, 7) is 9.74. The van der Waals surface area contributed by atoms with Gasteiger partial charge < -0.3 is 10.3 Å². The SMILES string of the molecule is CCC(C)CCN(C)C(=O)/C(C=N)=C(\C)CCC1CCCC23C(C)C2C3CC1. The van der Waals surface area contributed by atoms with Crippen LogP contribution in [0.25, 0.3) is 0 Å². The van der Waals surface area contributed by atoms with Crippen molar-refractivity contribution in [2.75, 3.05) is 13.6 Å². The first kappa shape index (κ1) is 21.6. The highest BCUT2D eigenvalue weighted by Gasteiger charge is 2.82. The minimum atomic E-state index is 0.0301. The highest BCUT2D eigenvalue weighted by atomic mass is 16.2. The lowest BCUT2D eigenvalue weighted by Crippen LogP contribution is -2.31. The fraction of sp³-hybridized carbons (Fsp3) is 0.840. The molecule has 6 unspecified atom stereocenters. The molecule has 3 saturated carbocycles. The van der Waals surface area contributed by atoms with Crippen LogP contribution < -0.4 is 0 Å². The van der Waals surface area contributed by atoms with E-state index in [1.54, 1.807) is 0 Å². The van der Waals surface area contributed by atoms with Crippen molar-refractivity contribution in [3.63, 3.8) is 0 Å². The van der Waals surface area contributed by atoms with Gasteiger partial charge in [0.2, 0.25) is 0 Å². The molecule has 3 aliphatic rings. The minimum absolute atomic E-state index is 0.0301. The van der Waals surface area contributed by atoms with Gasteiger partial charge in [0, 0.05) is 19.8 Å². The molecule has 3 heteroatoms. The number of fused-ring (bicyclic) bond motifs is 1. The predicted octanol–water partition coefficient (Wildman–Crippen LogP) is 6.09. The van der Waals surface area contributed by atoms with E-state index in [0.717, 1.165) is 60.5 Å². The monoisotopic (exact) mass is 386 g/mol. The molecule has 0 aromatic rings. The summed E-state index contributed by atoms with van der Waals surface area (Å²) in [6, 6.07) is 0. The molecule has 3 rings (SSSR count). The van der Waals surface area contributed by atoms with Gasteiger partial charge in [-0.3, -0.25) is 4.79 Å². The molecule has 0 aromatic heterocycles. The van der Waals surface area contributed by atoms with Gasteiger partial charge in [-0.15, -0.1) is 0 Å². The van der Waals surface area contributed by atoms with E-state index in [2.05, 4.69) is 27.7 Å². The Morgan fingerprint density at radius 1 is 1.32 bits per heavy atom. The van der Waals surface area contributed by atoms with Gasteiger partial charge in [-0.25, -0.2) is 0 Å². The van der Waals surface area contributed by atoms with Crippen LogP contribution in [-0.2, 0) is 4.79 Å². The van der Waals surface area contributed by atoms with Crippen LogP contribution in [0.4, 0.5) is 0 Å². The highest BCUT2D eigenvalue weighted by Crippen LogP contribution is 2.87. The molecule has 0 aromatic carbocycles. The summed E-state index contributed by atoms with van der Waals surface area (Å²) in [6.07, 6.45) is 12.7. The Morgan fingerprint density at radius 3 is 2.71 bits per heavy atom. The summed E-state index contributed by atoms with van der Waals surface area (Å²) < 4.78 is 0. The lowest BCUT2D eigenvalue weighted by atomic mass is 9.80. The summed E-state index contributed by atoms with van der Waals surface area (Å²) in [5.41, 5.74) is 2.53. The van der Waals surface area contributed by atoms with Gasteiger partial charge in [0.25, 0.3) is 5.91 Å². The Morgan fingerprint density at radius 2 is 2.07 bits per heavy atom. The second-order valence-electron chi connectivity index (χ2n) is 10.3. The lowest BCUT2D eigenvalue weighted by Gasteiger charge is -2.25. The summed E-state index contributed by atoms with van der Waals surface area (Å²) in [5.74, 6) is 4.65. The van der Waals surface area contributed by atoms with Crippen LogP contribution in [0, 0.1) is 40.4 Å². The number of carbonyl (C=O) groups is 1. The maximum Gasteiger partial charge on any atom is 0.255 e. The number of hydrogen-bond acceptors (Lipinski definition) is 2. The molecule has 6 atom stereocenters. The highest BCUT2D eigenvalue weighted by molar-refractivity contribution is 6.11. The summed E-state index contributed by atoms with van der Waals surface area (Å²) in [4.78, 5) is 14.6. The number of likely N-dealkylation sites (N-methyl/N-ethyl adjacent to an activating group) is 1. The number of nitrogens with zero attached hydrogens (tertiary/aromatic N) is 1. The van der Waals surface area contributed by atoms with E-state index < -0.39 is 0 Å². The third-order valence-corrected chi connectivity index (χ3v) is 8.78. The largest absolute Gasteiger partial charge is 0.342 e. The zero-order valence-electron chi connectivity index (χ0n) is 18.9. The molecule has 0 heterocycles. The number of amides is 1. The summed E-state index contributed by atoms with van der Waals surface area (Å²) in [5, 5.41) is 7.80. The number of allylic oxidation sites excluding steroid dienone is 1. The quantitative estimate of drug-likeness (QED) is 0.378. The van der Waals surface area contributed by atoms with E-state index >= 15 is 0 Å². The molecule has 1 spiro atoms. The van der Waals surface area contributed by atoms with Gasteiger partial charge in [0.05, 0.1) is 5.57 Å². The van der Waals surface area contributed by atoms with Gasteiger partial charge in [-0.1, -0.05) is 52.0 Å². The molecule has 0 aliphatic heterocycles. The Labute approximate surface area is 172 Å². The van der Waals surface area contributed by atoms with Gasteiger partial charge in [-0.2, -0.15) is 0 Å². The molecule has 28 heavy (non-hydrogen) atoms. The first-order chi connectivity index (χ1) is 13.4. The molecule has 3 nitrogen and oxygen atoms in total. The smallest absolute Gasteiger partial charge is 0.255 e. The van der Waals surface area contributed by atoms with Crippen molar-refractivity contribution in [1.29, 1.82) is 5.41 Å². The molecule has 1 N–H and O–H groups in total. The third kappa shape index (κ3) is 4.09. The van der Waals surface area contributed by atoms with Crippen molar-refractivity contribution in [2.24, 2.45) is 35.0 Å². The zero-order chi connectivity index (χ0) is 20.5. The second-order valence-corrected chi connectivity index (χ2v) is 10.3. The standard InChI is InChI=1S/C25H42N2O/c1-6-17(2)13-15-27(5)24(28)21(16-26)18(3)9-10-20-8-7-14-25-19(4)23(25)22(25)12-11-20/h16-17,19-20,22-23,26H,6-15H2,1-5H3/b21-18+,26-16?. The normalized spacial score (nSPS) is 35.5. The summed E-state index contributed by atoms with van der Waals surface area (Å²) >= 11 is 0. The van der Waals surface area contributed by atoms with Crippen LogP contribution in [-0.4, -0.2) is 30.6 Å². The maximum absolute atomic E-state index is 12.8. The van der Waals surface area contributed by atoms with E-state index in [4.69, 9.17) is 5.41 Å². The van der Waals surface area contributed by atoms with Gasteiger partial charge >= 0.3 is 0 Å².